The first-order valence-corrected chi connectivity index (χ1v) is 7.79. The first kappa shape index (κ1) is 15.8. The maximum atomic E-state index is 11.7. The average Bonchev–Trinajstić information content (AvgIpc) is 2.37. The Kier molecular flexibility index (Phi) is 4.84. The molecule has 0 unspecified atom stereocenters. The molecular formula is C14H13BrN2O3S. The molecule has 0 amide bonds. The van der Waals surface area contributed by atoms with Crippen molar-refractivity contribution in [2.24, 2.45) is 0 Å². The molecule has 110 valence electrons. The Balaban J connectivity index is 2.45. The molecule has 2 N–H and O–H groups in total. The molecule has 0 fully saturated rings. The molecule has 0 saturated heterocycles. The Morgan fingerprint density at radius 1 is 1.38 bits per heavy atom. The van der Waals surface area contributed by atoms with E-state index in [-0.39, 0.29) is 17.0 Å². The second-order valence-electron chi connectivity index (χ2n) is 4.67. The lowest BCUT2D eigenvalue weighted by Gasteiger charge is -2.08. The number of nitrogens with zero attached hydrogens (tertiary/aromatic N) is 1. The van der Waals surface area contributed by atoms with Gasteiger partial charge in [-0.2, -0.15) is 0 Å². The van der Waals surface area contributed by atoms with Crippen molar-refractivity contribution in [3.05, 3.63) is 50.5 Å². The molecule has 0 aliphatic carbocycles. The number of aromatic nitrogens is 2. The molecule has 0 atom stereocenters. The van der Waals surface area contributed by atoms with E-state index in [1.54, 1.807) is 12.1 Å². The SMILES string of the molecule is CC(C)c1nc(Sc2cc(Br)ccc2C(=O)O)cc(=O)[nH]1. The van der Waals surface area contributed by atoms with Gasteiger partial charge in [0.15, 0.2) is 0 Å². The van der Waals surface area contributed by atoms with Gasteiger partial charge in [0, 0.05) is 21.4 Å². The number of hydrogen-bond acceptors (Lipinski definition) is 4. The van der Waals surface area contributed by atoms with Crippen LogP contribution in [0.3, 0.4) is 0 Å². The molecule has 5 nitrogen and oxygen atoms in total. The molecule has 0 aliphatic rings. The first-order valence-electron chi connectivity index (χ1n) is 6.19. The van der Waals surface area contributed by atoms with Gasteiger partial charge in [-0.25, -0.2) is 9.78 Å². The van der Waals surface area contributed by atoms with E-state index in [2.05, 4.69) is 25.9 Å². The zero-order chi connectivity index (χ0) is 15.6. The highest BCUT2D eigenvalue weighted by molar-refractivity contribution is 9.10. The van der Waals surface area contributed by atoms with Crippen LogP contribution in [0.2, 0.25) is 0 Å². The minimum atomic E-state index is -1.01. The summed E-state index contributed by atoms with van der Waals surface area (Å²) in [5, 5.41) is 9.69. The van der Waals surface area contributed by atoms with Gasteiger partial charge in [0.25, 0.3) is 5.56 Å². The fourth-order valence-corrected chi connectivity index (χ4v) is 3.15. The molecule has 7 heteroatoms. The van der Waals surface area contributed by atoms with E-state index in [1.807, 2.05) is 13.8 Å². The predicted octanol–water partition coefficient (Wildman–Crippen LogP) is 3.51. The van der Waals surface area contributed by atoms with Gasteiger partial charge in [-0.15, -0.1) is 0 Å². The number of rotatable bonds is 4. The Labute approximate surface area is 133 Å². The van der Waals surface area contributed by atoms with E-state index in [4.69, 9.17) is 0 Å². The van der Waals surface area contributed by atoms with Gasteiger partial charge in [-0.1, -0.05) is 41.5 Å². The molecule has 2 rings (SSSR count). The number of aromatic amines is 1. The van der Waals surface area contributed by atoms with Crippen molar-refractivity contribution in [2.75, 3.05) is 0 Å². The molecule has 0 bridgehead atoms. The zero-order valence-corrected chi connectivity index (χ0v) is 13.8. The lowest BCUT2D eigenvalue weighted by atomic mass is 10.2. The third kappa shape index (κ3) is 3.95. The predicted molar refractivity (Wildman–Crippen MR) is 84.2 cm³/mol. The summed E-state index contributed by atoms with van der Waals surface area (Å²) < 4.78 is 0.768. The summed E-state index contributed by atoms with van der Waals surface area (Å²) in [6, 6.07) is 6.25. The minimum Gasteiger partial charge on any atom is -0.478 e. The van der Waals surface area contributed by atoms with E-state index in [0.717, 1.165) is 16.2 Å². The largest absolute Gasteiger partial charge is 0.478 e. The molecule has 0 aliphatic heterocycles. The van der Waals surface area contributed by atoms with Gasteiger partial charge >= 0.3 is 5.97 Å². The highest BCUT2D eigenvalue weighted by Crippen LogP contribution is 2.31. The van der Waals surface area contributed by atoms with E-state index < -0.39 is 5.97 Å². The summed E-state index contributed by atoms with van der Waals surface area (Å²) in [6.45, 7) is 3.85. The third-order valence-electron chi connectivity index (χ3n) is 2.67. The van der Waals surface area contributed by atoms with Crippen LogP contribution in [0, 0.1) is 0 Å². The molecule has 1 heterocycles. The standard InChI is InChI=1S/C14H13BrN2O3S/c1-7(2)13-16-11(18)6-12(17-13)21-10-5-8(15)3-4-9(10)14(19)20/h3-7H,1-2H3,(H,19,20)(H,16,17,18). The highest BCUT2D eigenvalue weighted by Gasteiger charge is 2.14. The minimum absolute atomic E-state index is 0.0831. The van der Waals surface area contributed by atoms with Crippen molar-refractivity contribution >= 4 is 33.7 Å². The van der Waals surface area contributed by atoms with Gasteiger partial charge in [-0.05, 0) is 18.2 Å². The van der Waals surface area contributed by atoms with E-state index in [1.165, 1.54) is 12.1 Å². The summed E-state index contributed by atoms with van der Waals surface area (Å²) in [4.78, 5) is 30.5. The molecule has 2 aromatic rings. The normalized spacial score (nSPS) is 10.9. The molecule has 0 saturated carbocycles. The maximum absolute atomic E-state index is 11.7. The van der Waals surface area contributed by atoms with E-state index in [0.29, 0.717) is 15.7 Å². The van der Waals surface area contributed by atoms with Crippen LogP contribution in [0.25, 0.3) is 0 Å². The second kappa shape index (κ2) is 6.44. The summed E-state index contributed by atoms with van der Waals surface area (Å²) >= 11 is 4.48. The van der Waals surface area contributed by atoms with Crippen molar-refractivity contribution in [1.29, 1.82) is 0 Å². The quantitative estimate of drug-likeness (QED) is 0.806. The van der Waals surface area contributed by atoms with Crippen LogP contribution < -0.4 is 5.56 Å². The van der Waals surface area contributed by atoms with Crippen molar-refractivity contribution in [3.63, 3.8) is 0 Å². The number of benzene rings is 1. The van der Waals surface area contributed by atoms with E-state index in [9.17, 15) is 14.7 Å². The molecule has 0 spiro atoms. The van der Waals surface area contributed by atoms with Crippen molar-refractivity contribution in [1.82, 2.24) is 9.97 Å². The average molecular weight is 369 g/mol. The number of carboxylic acid groups (broad SMARTS) is 1. The molecule has 1 aromatic heterocycles. The number of aromatic carboxylic acids is 1. The number of H-pyrrole nitrogens is 1. The van der Waals surface area contributed by atoms with Crippen molar-refractivity contribution in [3.8, 4) is 0 Å². The maximum Gasteiger partial charge on any atom is 0.336 e. The summed E-state index contributed by atoms with van der Waals surface area (Å²) in [5.74, 6) is -0.351. The van der Waals surface area contributed by atoms with Crippen LogP contribution in [0.4, 0.5) is 0 Å². The van der Waals surface area contributed by atoms with Gasteiger partial charge in [0.1, 0.15) is 10.9 Å². The Morgan fingerprint density at radius 2 is 2.10 bits per heavy atom. The number of carboxylic acids is 1. The van der Waals surface area contributed by atoms with Crippen molar-refractivity contribution in [2.45, 2.75) is 29.7 Å². The van der Waals surface area contributed by atoms with Crippen LogP contribution in [0.15, 0.2) is 43.5 Å². The summed E-state index contributed by atoms with van der Waals surface area (Å²) in [5.41, 5.74) is -0.0700. The van der Waals surface area contributed by atoms with Crippen LogP contribution in [0.5, 0.6) is 0 Å². The van der Waals surface area contributed by atoms with Gasteiger partial charge in [-0.3, -0.25) is 4.79 Å². The molecule has 0 radical (unpaired) electrons. The molecular weight excluding hydrogens is 356 g/mol. The monoisotopic (exact) mass is 368 g/mol. The fourth-order valence-electron chi connectivity index (χ4n) is 1.65. The second-order valence-corrected chi connectivity index (χ2v) is 6.65. The summed E-state index contributed by atoms with van der Waals surface area (Å²) in [6.07, 6.45) is 0. The lowest BCUT2D eigenvalue weighted by Crippen LogP contribution is -2.12. The van der Waals surface area contributed by atoms with Gasteiger partial charge in [0.2, 0.25) is 0 Å². The number of carbonyl (C=O) groups is 1. The van der Waals surface area contributed by atoms with Crippen molar-refractivity contribution < 1.29 is 9.90 Å². The van der Waals surface area contributed by atoms with Crippen LogP contribution >= 0.6 is 27.7 Å². The van der Waals surface area contributed by atoms with Crippen LogP contribution in [-0.2, 0) is 0 Å². The first-order chi connectivity index (χ1) is 9.86. The number of nitrogens with one attached hydrogen (secondary N) is 1. The number of halogens is 1. The third-order valence-corrected chi connectivity index (χ3v) is 4.14. The number of hydrogen-bond donors (Lipinski definition) is 2. The fraction of sp³-hybridized carbons (Fsp3) is 0.214. The molecule has 1 aromatic carbocycles. The Morgan fingerprint density at radius 3 is 2.71 bits per heavy atom. The van der Waals surface area contributed by atoms with Crippen LogP contribution in [0.1, 0.15) is 35.9 Å². The van der Waals surface area contributed by atoms with Crippen LogP contribution in [-0.4, -0.2) is 21.0 Å². The lowest BCUT2D eigenvalue weighted by molar-refractivity contribution is 0.0693. The smallest absolute Gasteiger partial charge is 0.336 e. The van der Waals surface area contributed by atoms with E-state index >= 15 is 0 Å². The summed E-state index contributed by atoms with van der Waals surface area (Å²) in [7, 11) is 0. The van der Waals surface area contributed by atoms with Gasteiger partial charge in [0.05, 0.1) is 5.56 Å². The highest BCUT2D eigenvalue weighted by atomic mass is 79.9. The molecule has 21 heavy (non-hydrogen) atoms. The van der Waals surface area contributed by atoms with Gasteiger partial charge < -0.3 is 10.1 Å². The zero-order valence-electron chi connectivity index (χ0n) is 11.4. The topological polar surface area (TPSA) is 83.0 Å². The Hall–Kier alpha value is -1.60. The Bertz CT molecular complexity index is 743.